The number of fused-ring (bicyclic) bond motifs is 2. The molecule has 0 unspecified atom stereocenters. The van der Waals surface area contributed by atoms with Crippen LogP contribution >= 0.6 is 0 Å². The van der Waals surface area contributed by atoms with Crippen molar-refractivity contribution < 1.29 is 0 Å². The molecular formula is C24H17N3. The third-order valence-corrected chi connectivity index (χ3v) is 4.84. The third kappa shape index (κ3) is 2.61. The fourth-order valence-electron chi connectivity index (χ4n) is 3.60. The first-order valence-electron chi connectivity index (χ1n) is 8.91. The minimum absolute atomic E-state index is 0.496. The SMILES string of the molecule is Nc1nc2ccccc2c(-c2ccccc2)c1-c1ccc2ccccc2n1. The molecular weight excluding hydrogens is 330 g/mol. The number of rotatable bonds is 2. The van der Waals surface area contributed by atoms with Crippen molar-refractivity contribution in [3.63, 3.8) is 0 Å². The summed E-state index contributed by atoms with van der Waals surface area (Å²) in [5.74, 6) is 0.496. The Hall–Kier alpha value is -3.72. The van der Waals surface area contributed by atoms with E-state index >= 15 is 0 Å². The van der Waals surface area contributed by atoms with Gasteiger partial charge in [0.05, 0.1) is 22.3 Å². The van der Waals surface area contributed by atoms with Crippen molar-refractivity contribution in [3.8, 4) is 22.4 Å². The molecule has 0 atom stereocenters. The lowest BCUT2D eigenvalue weighted by Crippen LogP contribution is -2.00. The number of nitrogens with two attached hydrogens (primary N) is 1. The highest BCUT2D eigenvalue weighted by Crippen LogP contribution is 2.40. The average molecular weight is 347 g/mol. The van der Waals surface area contributed by atoms with Crippen molar-refractivity contribution in [3.05, 3.63) is 91.0 Å². The fourth-order valence-corrected chi connectivity index (χ4v) is 3.60. The van der Waals surface area contributed by atoms with Crippen molar-refractivity contribution in [2.75, 3.05) is 5.73 Å². The quantitative estimate of drug-likeness (QED) is 0.446. The summed E-state index contributed by atoms with van der Waals surface area (Å²) in [5, 5.41) is 2.18. The highest BCUT2D eigenvalue weighted by molar-refractivity contribution is 6.05. The number of hydrogen-bond acceptors (Lipinski definition) is 3. The Labute approximate surface area is 157 Å². The Balaban J connectivity index is 1.89. The van der Waals surface area contributed by atoms with Crippen molar-refractivity contribution in [2.24, 2.45) is 0 Å². The van der Waals surface area contributed by atoms with Gasteiger partial charge in [0.1, 0.15) is 5.82 Å². The standard InChI is InChI=1S/C24H17N3/c25-24-23(21-15-14-16-8-4-6-12-19(16)26-21)22(17-9-2-1-3-10-17)18-11-5-7-13-20(18)27-24/h1-15H,(H2,25,27). The van der Waals surface area contributed by atoms with Gasteiger partial charge in [-0.05, 0) is 23.8 Å². The molecule has 5 rings (SSSR count). The Bertz CT molecular complexity index is 1280. The summed E-state index contributed by atoms with van der Waals surface area (Å²) < 4.78 is 0. The van der Waals surface area contributed by atoms with Gasteiger partial charge in [-0.15, -0.1) is 0 Å². The van der Waals surface area contributed by atoms with E-state index in [1.165, 1.54) is 0 Å². The van der Waals surface area contributed by atoms with Crippen LogP contribution in [-0.4, -0.2) is 9.97 Å². The molecule has 5 aromatic rings. The van der Waals surface area contributed by atoms with E-state index in [4.69, 9.17) is 10.7 Å². The van der Waals surface area contributed by atoms with Crippen LogP contribution in [0.3, 0.4) is 0 Å². The minimum Gasteiger partial charge on any atom is -0.383 e. The van der Waals surface area contributed by atoms with Crippen molar-refractivity contribution in [1.82, 2.24) is 9.97 Å². The Kier molecular flexibility index (Phi) is 3.58. The summed E-state index contributed by atoms with van der Waals surface area (Å²) in [6, 6.07) is 30.6. The Morgan fingerprint density at radius 1 is 0.556 bits per heavy atom. The Morgan fingerprint density at radius 3 is 2.11 bits per heavy atom. The van der Waals surface area contributed by atoms with Gasteiger partial charge in [0.25, 0.3) is 0 Å². The van der Waals surface area contributed by atoms with Gasteiger partial charge in [-0.25, -0.2) is 9.97 Å². The number of nitrogens with zero attached hydrogens (tertiary/aromatic N) is 2. The van der Waals surface area contributed by atoms with Gasteiger partial charge in [0.2, 0.25) is 0 Å². The van der Waals surface area contributed by atoms with E-state index in [0.29, 0.717) is 5.82 Å². The molecule has 0 spiro atoms. The summed E-state index contributed by atoms with van der Waals surface area (Å²) in [7, 11) is 0. The monoisotopic (exact) mass is 347 g/mol. The van der Waals surface area contributed by atoms with Crippen molar-refractivity contribution in [1.29, 1.82) is 0 Å². The summed E-state index contributed by atoms with van der Waals surface area (Å²) in [6.07, 6.45) is 0. The largest absolute Gasteiger partial charge is 0.383 e. The zero-order chi connectivity index (χ0) is 18.2. The number of aromatic nitrogens is 2. The highest BCUT2D eigenvalue weighted by atomic mass is 14.9. The van der Waals surface area contributed by atoms with Gasteiger partial charge in [-0.3, -0.25) is 0 Å². The van der Waals surface area contributed by atoms with Crippen LogP contribution < -0.4 is 5.73 Å². The molecule has 0 saturated heterocycles. The smallest absolute Gasteiger partial charge is 0.134 e. The molecule has 0 bridgehead atoms. The van der Waals surface area contributed by atoms with E-state index in [0.717, 1.165) is 44.2 Å². The van der Waals surface area contributed by atoms with Crippen LogP contribution in [0.15, 0.2) is 91.0 Å². The normalized spacial score (nSPS) is 11.1. The molecule has 2 N–H and O–H groups in total. The molecule has 3 nitrogen and oxygen atoms in total. The summed E-state index contributed by atoms with van der Waals surface area (Å²) in [4.78, 5) is 9.54. The molecule has 3 heteroatoms. The van der Waals surface area contributed by atoms with E-state index in [1.807, 2.05) is 60.7 Å². The second-order valence-corrected chi connectivity index (χ2v) is 6.52. The molecule has 2 aromatic heterocycles. The van der Waals surface area contributed by atoms with Crippen LogP contribution in [0.1, 0.15) is 0 Å². The van der Waals surface area contributed by atoms with E-state index in [-0.39, 0.29) is 0 Å². The number of benzene rings is 3. The van der Waals surface area contributed by atoms with Gasteiger partial charge in [0, 0.05) is 16.3 Å². The van der Waals surface area contributed by atoms with Gasteiger partial charge in [-0.2, -0.15) is 0 Å². The topological polar surface area (TPSA) is 51.8 Å². The van der Waals surface area contributed by atoms with E-state index in [9.17, 15) is 0 Å². The first-order chi connectivity index (χ1) is 13.3. The number of pyridine rings is 2. The van der Waals surface area contributed by atoms with E-state index < -0.39 is 0 Å². The highest BCUT2D eigenvalue weighted by Gasteiger charge is 2.17. The van der Waals surface area contributed by atoms with Crippen LogP contribution in [0.25, 0.3) is 44.2 Å². The molecule has 27 heavy (non-hydrogen) atoms. The van der Waals surface area contributed by atoms with E-state index in [1.54, 1.807) is 0 Å². The second-order valence-electron chi connectivity index (χ2n) is 6.52. The third-order valence-electron chi connectivity index (χ3n) is 4.84. The zero-order valence-electron chi connectivity index (χ0n) is 14.6. The number of hydrogen-bond donors (Lipinski definition) is 1. The first kappa shape index (κ1) is 15.5. The van der Waals surface area contributed by atoms with Gasteiger partial charge in [0.15, 0.2) is 0 Å². The number of para-hydroxylation sites is 2. The van der Waals surface area contributed by atoms with E-state index in [2.05, 4.69) is 35.3 Å². The van der Waals surface area contributed by atoms with Crippen LogP contribution in [0.5, 0.6) is 0 Å². The van der Waals surface area contributed by atoms with Crippen molar-refractivity contribution >= 4 is 27.6 Å². The lowest BCUT2D eigenvalue weighted by molar-refractivity contribution is 1.36. The maximum atomic E-state index is 6.45. The molecule has 3 aromatic carbocycles. The Morgan fingerprint density at radius 2 is 1.26 bits per heavy atom. The fraction of sp³-hybridized carbons (Fsp3) is 0. The first-order valence-corrected chi connectivity index (χ1v) is 8.91. The van der Waals surface area contributed by atoms with Crippen LogP contribution in [0.2, 0.25) is 0 Å². The molecule has 128 valence electrons. The zero-order valence-corrected chi connectivity index (χ0v) is 14.6. The van der Waals surface area contributed by atoms with Crippen molar-refractivity contribution in [2.45, 2.75) is 0 Å². The molecule has 0 fully saturated rings. The summed E-state index contributed by atoms with van der Waals surface area (Å²) in [6.45, 7) is 0. The molecule has 0 radical (unpaired) electrons. The number of nitrogen functional groups attached to an aromatic ring is 1. The molecule has 0 aliphatic heterocycles. The minimum atomic E-state index is 0.496. The summed E-state index contributed by atoms with van der Waals surface area (Å²) >= 11 is 0. The molecule has 0 aliphatic rings. The lowest BCUT2D eigenvalue weighted by Gasteiger charge is -2.15. The van der Waals surface area contributed by atoms with Gasteiger partial charge < -0.3 is 5.73 Å². The number of anilines is 1. The van der Waals surface area contributed by atoms with Crippen LogP contribution in [0.4, 0.5) is 5.82 Å². The summed E-state index contributed by atoms with van der Waals surface area (Å²) in [5.41, 5.74) is 12.2. The van der Waals surface area contributed by atoms with Gasteiger partial charge in [-0.1, -0.05) is 72.8 Å². The van der Waals surface area contributed by atoms with Crippen LogP contribution in [0, 0.1) is 0 Å². The average Bonchev–Trinajstić information content (AvgIpc) is 2.73. The maximum absolute atomic E-state index is 6.45. The molecule has 0 saturated carbocycles. The van der Waals surface area contributed by atoms with Gasteiger partial charge >= 0.3 is 0 Å². The maximum Gasteiger partial charge on any atom is 0.134 e. The molecule has 0 amide bonds. The second kappa shape index (κ2) is 6.22. The predicted octanol–water partition coefficient (Wildman–Crippen LogP) is 5.70. The predicted molar refractivity (Wildman–Crippen MR) is 112 cm³/mol. The molecule has 2 heterocycles. The lowest BCUT2D eigenvalue weighted by atomic mass is 9.93. The van der Waals surface area contributed by atoms with Crippen LogP contribution in [-0.2, 0) is 0 Å². The molecule has 0 aliphatic carbocycles.